The fraction of sp³-hybridized carbons (Fsp3) is 0.286. The van der Waals surface area contributed by atoms with Gasteiger partial charge in [0.05, 0.1) is 17.5 Å². The van der Waals surface area contributed by atoms with Gasteiger partial charge in [-0.2, -0.15) is 10.4 Å². The van der Waals surface area contributed by atoms with Gasteiger partial charge in [-0.15, -0.1) is 0 Å². The van der Waals surface area contributed by atoms with Crippen LogP contribution in [0.2, 0.25) is 5.02 Å². The maximum atomic E-state index is 14.1. The number of nitrogens with two attached hydrogens (primary N) is 1. The number of halogens is 2. The van der Waals surface area contributed by atoms with E-state index >= 15 is 0 Å². The molecule has 0 unspecified atom stereocenters. The van der Waals surface area contributed by atoms with Crippen molar-refractivity contribution in [2.75, 3.05) is 31.1 Å². The number of nitrogens with one attached hydrogen (secondary N) is 1. The smallest absolute Gasteiger partial charge is 0.184 e. The molecule has 2 aromatic carbocycles. The number of rotatable bonds is 5. The summed E-state index contributed by atoms with van der Waals surface area (Å²) in [6.45, 7) is 3.59. The molecule has 156 valence electrons. The second-order valence-corrected chi connectivity index (χ2v) is 7.79. The Balaban J connectivity index is 1.69. The van der Waals surface area contributed by atoms with Crippen LogP contribution in [-0.2, 0) is 6.54 Å². The number of thiocarbonyl (C=S) groups is 1. The van der Waals surface area contributed by atoms with Gasteiger partial charge in [0.25, 0.3) is 0 Å². The fourth-order valence-corrected chi connectivity index (χ4v) is 3.72. The van der Waals surface area contributed by atoms with Crippen LogP contribution < -0.4 is 16.1 Å². The first-order chi connectivity index (χ1) is 14.5. The van der Waals surface area contributed by atoms with Crippen LogP contribution in [0, 0.1) is 17.1 Å². The zero-order valence-electron chi connectivity index (χ0n) is 16.3. The lowest BCUT2D eigenvalue weighted by molar-refractivity contribution is 0.281. The molecular formula is C21H22ClFN6S. The SMILES string of the molecule is N#Cc1cc(C=NNC(N)=S)ccc1N1CCCN(Cc2c(F)cccc2Cl)CC1. The molecule has 0 saturated carbocycles. The Morgan fingerprint density at radius 1 is 1.30 bits per heavy atom. The Bertz CT molecular complexity index is 970. The summed E-state index contributed by atoms with van der Waals surface area (Å²) in [5, 5.41) is 14.1. The van der Waals surface area contributed by atoms with Crippen molar-refractivity contribution in [3.63, 3.8) is 0 Å². The number of hydrazone groups is 1. The molecule has 1 aliphatic heterocycles. The van der Waals surface area contributed by atoms with Crippen molar-refractivity contribution in [2.45, 2.75) is 13.0 Å². The van der Waals surface area contributed by atoms with Crippen LogP contribution in [0.15, 0.2) is 41.5 Å². The van der Waals surface area contributed by atoms with Gasteiger partial charge in [0.15, 0.2) is 5.11 Å². The van der Waals surface area contributed by atoms with Crippen molar-refractivity contribution < 1.29 is 4.39 Å². The second-order valence-electron chi connectivity index (χ2n) is 6.94. The maximum Gasteiger partial charge on any atom is 0.184 e. The third-order valence-electron chi connectivity index (χ3n) is 4.90. The lowest BCUT2D eigenvalue weighted by atomic mass is 10.1. The Morgan fingerprint density at radius 2 is 2.13 bits per heavy atom. The van der Waals surface area contributed by atoms with Crippen LogP contribution in [0.4, 0.5) is 10.1 Å². The lowest BCUT2D eigenvalue weighted by Gasteiger charge is -2.25. The molecule has 0 spiro atoms. The van der Waals surface area contributed by atoms with E-state index in [1.165, 1.54) is 6.07 Å². The Kier molecular flexibility index (Phi) is 7.57. The van der Waals surface area contributed by atoms with Crippen LogP contribution in [0.25, 0.3) is 0 Å². The highest BCUT2D eigenvalue weighted by Crippen LogP contribution is 2.25. The molecule has 1 fully saturated rings. The second kappa shape index (κ2) is 10.3. The summed E-state index contributed by atoms with van der Waals surface area (Å²) in [5.74, 6) is -0.280. The van der Waals surface area contributed by atoms with Crippen molar-refractivity contribution in [3.8, 4) is 6.07 Å². The molecule has 0 aromatic heterocycles. The highest BCUT2D eigenvalue weighted by molar-refractivity contribution is 7.80. The predicted octanol–water partition coefficient (Wildman–Crippen LogP) is 3.23. The number of hydrogen-bond donors (Lipinski definition) is 2. The average molecular weight is 445 g/mol. The van der Waals surface area contributed by atoms with Crippen LogP contribution >= 0.6 is 23.8 Å². The van der Waals surface area contributed by atoms with Gasteiger partial charge in [0, 0.05) is 43.3 Å². The minimum absolute atomic E-state index is 0.0779. The molecule has 6 nitrogen and oxygen atoms in total. The topological polar surface area (TPSA) is 80.7 Å². The van der Waals surface area contributed by atoms with Gasteiger partial charge in [0.2, 0.25) is 0 Å². The summed E-state index contributed by atoms with van der Waals surface area (Å²) in [6.07, 6.45) is 2.46. The number of hydrogen-bond acceptors (Lipinski definition) is 5. The van der Waals surface area contributed by atoms with Crippen molar-refractivity contribution in [2.24, 2.45) is 10.8 Å². The normalized spacial score (nSPS) is 15.0. The van der Waals surface area contributed by atoms with Gasteiger partial charge in [-0.25, -0.2) is 4.39 Å². The molecule has 9 heteroatoms. The third kappa shape index (κ3) is 5.66. The number of anilines is 1. The zero-order chi connectivity index (χ0) is 21.5. The van der Waals surface area contributed by atoms with Gasteiger partial charge < -0.3 is 10.6 Å². The first kappa shape index (κ1) is 22.0. The summed E-state index contributed by atoms with van der Waals surface area (Å²) in [6, 6.07) is 12.6. The Labute approximate surface area is 185 Å². The molecular weight excluding hydrogens is 423 g/mol. The lowest BCUT2D eigenvalue weighted by Crippen LogP contribution is -2.31. The molecule has 0 aliphatic carbocycles. The molecule has 3 rings (SSSR count). The summed E-state index contributed by atoms with van der Waals surface area (Å²) in [7, 11) is 0. The van der Waals surface area contributed by atoms with Gasteiger partial charge >= 0.3 is 0 Å². The van der Waals surface area contributed by atoms with Gasteiger partial charge in [-0.3, -0.25) is 10.3 Å². The highest BCUT2D eigenvalue weighted by atomic mass is 35.5. The van der Waals surface area contributed by atoms with Gasteiger partial charge in [0.1, 0.15) is 11.9 Å². The first-order valence-electron chi connectivity index (χ1n) is 9.51. The monoisotopic (exact) mass is 444 g/mol. The molecule has 0 amide bonds. The zero-order valence-corrected chi connectivity index (χ0v) is 17.9. The van der Waals surface area contributed by atoms with Crippen molar-refractivity contribution in [3.05, 3.63) is 63.9 Å². The molecule has 1 heterocycles. The quantitative estimate of drug-likeness (QED) is 0.418. The van der Waals surface area contributed by atoms with E-state index in [4.69, 9.17) is 29.6 Å². The maximum absolute atomic E-state index is 14.1. The van der Waals surface area contributed by atoms with E-state index in [9.17, 15) is 9.65 Å². The fourth-order valence-electron chi connectivity index (χ4n) is 3.45. The molecule has 0 radical (unpaired) electrons. The average Bonchev–Trinajstić information content (AvgIpc) is 2.96. The van der Waals surface area contributed by atoms with Crippen LogP contribution in [-0.4, -0.2) is 42.4 Å². The third-order valence-corrected chi connectivity index (χ3v) is 5.35. The summed E-state index contributed by atoms with van der Waals surface area (Å²) in [4.78, 5) is 4.38. The van der Waals surface area contributed by atoms with E-state index < -0.39 is 0 Å². The van der Waals surface area contributed by atoms with Gasteiger partial charge in [-0.1, -0.05) is 23.7 Å². The number of benzene rings is 2. The van der Waals surface area contributed by atoms with Crippen molar-refractivity contribution in [1.82, 2.24) is 10.3 Å². The Morgan fingerprint density at radius 3 is 2.87 bits per heavy atom. The molecule has 1 aliphatic rings. The minimum Gasteiger partial charge on any atom is -0.375 e. The van der Waals surface area contributed by atoms with Gasteiger partial charge in [-0.05, 0) is 48.5 Å². The molecule has 2 aromatic rings. The molecule has 3 N–H and O–H groups in total. The molecule has 1 saturated heterocycles. The van der Waals surface area contributed by atoms with Crippen LogP contribution in [0.5, 0.6) is 0 Å². The number of nitrogens with zero attached hydrogens (tertiary/aromatic N) is 4. The van der Waals surface area contributed by atoms with E-state index in [-0.39, 0.29) is 10.9 Å². The molecule has 30 heavy (non-hydrogen) atoms. The summed E-state index contributed by atoms with van der Waals surface area (Å²) < 4.78 is 14.1. The largest absolute Gasteiger partial charge is 0.375 e. The number of nitriles is 1. The van der Waals surface area contributed by atoms with E-state index in [1.54, 1.807) is 24.4 Å². The molecule has 0 bridgehead atoms. The summed E-state index contributed by atoms with van der Waals surface area (Å²) >= 11 is 10.9. The summed E-state index contributed by atoms with van der Waals surface area (Å²) in [5.41, 5.74) is 10.6. The molecule has 0 atom stereocenters. The van der Waals surface area contributed by atoms with Crippen LogP contribution in [0.1, 0.15) is 23.1 Å². The van der Waals surface area contributed by atoms with E-state index in [0.717, 1.165) is 43.9 Å². The Hall–Kier alpha value is -2.73. The van der Waals surface area contributed by atoms with Crippen molar-refractivity contribution >= 4 is 40.8 Å². The first-order valence-corrected chi connectivity index (χ1v) is 10.3. The van der Waals surface area contributed by atoms with E-state index in [1.807, 2.05) is 12.1 Å². The van der Waals surface area contributed by atoms with E-state index in [2.05, 4.69) is 26.4 Å². The van der Waals surface area contributed by atoms with Crippen LogP contribution in [0.3, 0.4) is 0 Å². The highest BCUT2D eigenvalue weighted by Gasteiger charge is 2.19. The minimum atomic E-state index is -0.280. The predicted molar refractivity (Wildman–Crippen MR) is 122 cm³/mol. The van der Waals surface area contributed by atoms with E-state index in [0.29, 0.717) is 22.7 Å². The van der Waals surface area contributed by atoms with Crippen molar-refractivity contribution in [1.29, 1.82) is 5.26 Å². The standard InChI is InChI=1S/C21H22ClFN6S/c22-18-3-1-4-19(23)17(18)14-28-7-2-8-29(10-9-28)20-6-5-15(11-16(20)12-24)13-26-27-21(25)30/h1,3-6,11,13H,2,7-10,14H2,(H3,25,27,30).